The maximum atomic E-state index is 6.94. The molecule has 5 heteroatoms. The summed E-state index contributed by atoms with van der Waals surface area (Å²) < 4.78 is 0. The van der Waals surface area contributed by atoms with Crippen LogP contribution in [0.4, 0.5) is 0 Å². The monoisotopic (exact) mass is 419 g/mol. The molecule has 1 rings (SSSR count). The van der Waals surface area contributed by atoms with Crippen LogP contribution in [-0.4, -0.2) is 12.4 Å². The molecule has 0 bridgehead atoms. The molecule has 0 heterocycles. The second kappa shape index (κ2) is 50.1. The van der Waals surface area contributed by atoms with Gasteiger partial charge in [0, 0.05) is 0 Å². The van der Waals surface area contributed by atoms with E-state index in [2.05, 4.69) is 12.2 Å². The number of rotatable bonds is 0. The Morgan fingerprint density at radius 1 is 0.950 bits per heavy atom. The molecule has 0 aliphatic heterocycles. The summed E-state index contributed by atoms with van der Waals surface area (Å²) in [6, 6.07) is 0. The Hall–Kier alpha value is 1.12. The number of hydrogen-bond acceptors (Lipinski definition) is 0. The van der Waals surface area contributed by atoms with Crippen molar-refractivity contribution in [1.82, 2.24) is 0 Å². The first kappa shape index (κ1) is 69.1. The van der Waals surface area contributed by atoms with Crippen LogP contribution in [0.25, 0.3) is 5.73 Å². The molecule has 0 amide bonds. The molecule has 0 aromatic rings. The standard InChI is InChI=1S/C5H5.C4H10N.6CH3.2ClH.H2Si.Zr/c1-2-4-5-3-1;1-4(2,3)5;;;;;;;;;;/h1-3H,4H2;5H,1-3H3;6*1H3;2*1H;1H2;/q8*-1;;;;. The van der Waals surface area contributed by atoms with Crippen LogP contribution in [0.3, 0.4) is 0 Å². The Morgan fingerprint density at radius 2 is 1.20 bits per heavy atom. The van der Waals surface area contributed by atoms with Crippen molar-refractivity contribution < 1.29 is 23.3 Å². The molecule has 1 N–H and O–H groups in total. The van der Waals surface area contributed by atoms with Crippen molar-refractivity contribution in [3.8, 4) is 0 Å². The van der Waals surface area contributed by atoms with Gasteiger partial charge in [0.05, 0.1) is 0 Å². The van der Waals surface area contributed by atoms with E-state index in [0.29, 0.717) is 0 Å². The van der Waals surface area contributed by atoms with Crippen LogP contribution < -0.4 is 0 Å². The summed E-state index contributed by atoms with van der Waals surface area (Å²) >= 11 is 1.58. The predicted molar refractivity (Wildman–Crippen MR) is 107 cm³/mol. The topological polar surface area (TPSA) is 23.8 Å². The van der Waals surface area contributed by atoms with E-state index in [1.807, 2.05) is 39.8 Å². The average Bonchev–Trinajstić information content (AvgIpc) is 2.41. The van der Waals surface area contributed by atoms with Crippen LogP contribution in [-0.2, 0) is 23.3 Å². The maximum absolute atomic E-state index is 6.94. The summed E-state index contributed by atoms with van der Waals surface area (Å²) in [7, 11) is 0. The van der Waals surface area contributed by atoms with Crippen LogP contribution in [0.5, 0.6) is 0 Å². The van der Waals surface area contributed by atoms with E-state index < -0.39 is 0 Å². The Morgan fingerprint density at radius 3 is 1.25 bits per heavy atom. The van der Waals surface area contributed by atoms with Crippen molar-refractivity contribution in [3.05, 3.63) is 74.6 Å². The van der Waals surface area contributed by atoms with Crippen LogP contribution >= 0.6 is 24.8 Å². The van der Waals surface area contributed by atoms with E-state index in [9.17, 15) is 0 Å². The van der Waals surface area contributed by atoms with Gasteiger partial charge in [-0.15, -0.1) is 36.8 Å². The van der Waals surface area contributed by atoms with Gasteiger partial charge in [-0.1, -0.05) is 20.8 Å². The second-order valence-corrected chi connectivity index (χ2v) is 3.25. The number of allylic oxidation sites excluding steroid dienone is 4. The van der Waals surface area contributed by atoms with Crippen molar-refractivity contribution in [2.75, 3.05) is 0 Å². The van der Waals surface area contributed by atoms with Crippen molar-refractivity contribution in [2.45, 2.75) is 32.7 Å². The summed E-state index contributed by atoms with van der Waals surface area (Å²) in [5.74, 6) is 0. The van der Waals surface area contributed by atoms with Gasteiger partial charge in [-0.05, 0) is 0 Å². The van der Waals surface area contributed by atoms with Crippen molar-refractivity contribution in [3.63, 3.8) is 0 Å². The fourth-order valence-electron chi connectivity index (χ4n) is 0.340. The van der Waals surface area contributed by atoms with Gasteiger partial charge in [0.15, 0.2) is 0 Å². The molecular formula is C15H37Cl2NSiZr-8. The van der Waals surface area contributed by atoms with E-state index in [1.54, 1.807) is 23.3 Å². The molecule has 1 aliphatic rings. The molecule has 1 aliphatic carbocycles. The Labute approximate surface area is 161 Å². The van der Waals surface area contributed by atoms with E-state index in [-0.39, 0.29) is 74.9 Å². The van der Waals surface area contributed by atoms with Gasteiger partial charge in [-0.25, -0.2) is 12.2 Å². The van der Waals surface area contributed by atoms with E-state index in [4.69, 9.17) is 5.73 Å². The van der Waals surface area contributed by atoms with Gasteiger partial charge in [-0.2, -0.15) is 6.08 Å². The number of hydrogen-bond donors (Lipinski definition) is 0. The van der Waals surface area contributed by atoms with Gasteiger partial charge in [0.25, 0.3) is 0 Å². The minimum atomic E-state index is -0.250. The van der Waals surface area contributed by atoms with Crippen molar-refractivity contribution in [1.29, 1.82) is 0 Å². The molecule has 0 aromatic heterocycles. The molecule has 20 heavy (non-hydrogen) atoms. The number of nitrogens with one attached hydrogen (secondary N) is 1. The summed E-state index contributed by atoms with van der Waals surface area (Å²) in [6.45, 7) is 7.51. The normalized spacial score (nSPS) is 7.55. The molecule has 132 valence electrons. The van der Waals surface area contributed by atoms with Crippen molar-refractivity contribution in [2.24, 2.45) is 0 Å². The van der Waals surface area contributed by atoms with E-state index >= 15 is 0 Å². The first-order valence-corrected chi connectivity index (χ1v) is 9.74. The summed E-state index contributed by atoms with van der Waals surface area (Å²) in [6.07, 6.45) is 10.0. The van der Waals surface area contributed by atoms with Gasteiger partial charge in [0.2, 0.25) is 0 Å². The third kappa shape index (κ3) is 168. The first-order chi connectivity index (χ1) is 5.50. The molecule has 0 unspecified atom stereocenters. The van der Waals surface area contributed by atoms with E-state index in [1.165, 1.54) is 0 Å². The average molecular weight is 422 g/mol. The second-order valence-electron chi connectivity index (χ2n) is 3.25. The molecule has 0 saturated carbocycles. The molecule has 0 saturated heterocycles. The molecule has 0 aromatic carbocycles. The molecule has 0 radical (unpaired) electrons. The first-order valence-electron chi connectivity index (χ1n) is 3.82. The minimum absolute atomic E-state index is 0. The van der Waals surface area contributed by atoms with Gasteiger partial charge >= 0.3 is 30.2 Å². The Kier molecular flexibility index (Phi) is 173. The number of halogens is 2. The zero-order valence-electron chi connectivity index (χ0n) is 15.0. The molecule has 0 atom stereocenters. The van der Waals surface area contributed by atoms with Crippen LogP contribution in [0.2, 0.25) is 0 Å². The third-order valence-corrected chi connectivity index (χ3v) is 0.586. The van der Waals surface area contributed by atoms with E-state index in [0.717, 1.165) is 6.42 Å². The molecule has 0 fully saturated rings. The Balaban J connectivity index is -0.00000000819. The quantitative estimate of drug-likeness (QED) is 0.350. The van der Waals surface area contributed by atoms with Gasteiger partial charge < -0.3 is 50.3 Å². The van der Waals surface area contributed by atoms with Crippen LogP contribution in [0, 0.1) is 50.6 Å². The fourth-order valence-corrected chi connectivity index (χ4v) is 0.340. The van der Waals surface area contributed by atoms with Crippen molar-refractivity contribution >= 4 is 31.7 Å². The zero-order valence-corrected chi connectivity index (χ0v) is 20.5. The Bertz CT molecular complexity index is 142. The molecular weight excluding hydrogens is 384 g/mol. The van der Waals surface area contributed by atoms with Gasteiger partial charge in [-0.3, -0.25) is 6.08 Å². The van der Waals surface area contributed by atoms with Crippen LogP contribution in [0.15, 0.2) is 18.2 Å². The fraction of sp³-hybridized carbons (Fsp3) is 0.333. The summed E-state index contributed by atoms with van der Waals surface area (Å²) in [5.41, 5.74) is 6.69. The third-order valence-electron chi connectivity index (χ3n) is 0.586. The summed E-state index contributed by atoms with van der Waals surface area (Å²) in [4.78, 5) is 0. The van der Waals surface area contributed by atoms with Crippen LogP contribution in [0.1, 0.15) is 27.2 Å². The zero-order chi connectivity index (χ0) is 10.0. The molecule has 0 spiro atoms. The molecule has 1 nitrogen and oxygen atoms in total. The van der Waals surface area contributed by atoms with Gasteiger partial charge in [0.1, 0.15) is 0 Å². The SMILES string of the molecule is CC(C)(C)[NH-].Cl.Cl.[C-]1=CC=CC1.[CH3-].[CH3-].[CH3-].[CH3-].[CH3-].[CH3-].[SiH2]=[Zr]. The summed E-state index contributed by atoms with van der Waals surface area (Å²) in [5, 5.41) is 0. The predicted octanol–water partition coefficient (Wildman–Crippen LogP) is 5.77.